The normalized spacial score (nSPS) is 14.8. The van der Waals surface area contributed by atoms with E-state index in [2.05, 4.69) is 21.3 Å². The Morgan fingerprint density at radius 3 is 1.78 bits per heavy atom. The summed E-state index contributed by atoms with van der Waals surface area (Å²) >= 11 is 0. The fourth-order valence-electron chi connectivity index (χ4n) is 4.08. The van der Waals surface area contributed by atoms with Crippen LogP contribution in [0.3, 0.4) is 0 Å². The molecule has 0 bridgehead atoms. The molecule has 4 amide bonds. The van der Waals surface area contributed by atoms with Gasteiger partial charge in [-0.2, -0.15) is 0 Å². The molecule has 0 radical (unpaired) electrons. The van der Waals surface area contributed by atoms with Gasteiger partial charge in [-0.3, -0.25) is 24.0 Å². The largest absolute Gasteiger partial charge is 0.508 e. The molecule has 0 fully saturated rings. The molecule has 0 aliphatic rings. The lowest BCUT2D eigenvalue weighted by atomic mass is 10.0. The highest BCUT2D eigenvalue weighted by Gasteiger charge is 2.34. The lowest BCUT2D eigenvalue weighted by molar-refractivity contribution is -0.143. The van der Waals surface area contributed by atoms with Gasteiger partial charge in [0.2, 0.25) is 23.6 Å². The average molecular weight is 632 g/mol. The molecule has 45 heavy (non-hydrogen) atoms. The summed E-state index contributed by atoms with van der Waals surface area (Å²) in [7, 11) is 0. The van der Waals surface area contributed by atoms with Crippen molar-refractivity contribution < 1.29 is 54.3 Å². The van der Waals surface area contributed by atoms with Crippen LogP contribution < -0.4 is 27.0 Å². The molecule has 16 nitrogen and oxygen atoms in total. The Kier molecular flexibility index (Phi) is 13.9. The van der Waals surface area contributed by atoms with Gasteiger partial charge in [0.1, 0.15) is 29.9 Å². The van der Waals surface area contributed by atoms with E-state index in [1.807, 2.05) is 0 Å². The van der Waals surface area contributed by atoms with Crippen molar-refractivity contribution in [3.05, 3.63) is 65.7 Å². The number of hydrogen-bond acceptors (Lipinski definition) is 10. The number of carbonyl (C=O) groups excluding carboxylic acids is 4. The molecule has 0 spiro atoms. The van der Waals surface area contributed by atoms with Crippen molar-refractivity contribution >= 4 is 35.6 Å². The number of aromatic hydroxyl groups is 1. The van der Waals surface area contributed by atoms with Crippen molar-refractivity contribution in [2.45, 2.75) is 62.5 Å². The second kappa shape index (κ2) is 17.3. The Balaban J connectivity index is 2.09. The van der Waals surface area contributed by atoms with E-state index in [0.717, 1.165) is 5.56 Å². The van der Waals surface area contributed by atoms with Crippen LogP contribution in [0.1, 0.15) is 24.5 Å². The zero-order valence-corrected chi connectivity index (χ0v) is 24.3. The molecule has 0 aliphatic heterocycles. The summed E-state index contributed by atoms with van der Waals surface area (Å²) in [4.78, 5) is 74.5. The number of carbonyl (C=O) groups is 6. The van der Waals surface area contributed by atoms with Gasteiger partial charge in [-0.15, -0.1) is 0 Å². The van der Waals surface area contributed by atoms with Crippen LogP contribution in [0.4, 0.5) is 0 Å². The molecule has 11 N–H and O–H groups in total. The average Bonchev–Trinajstić information content (AvgIpc) is 2.98. The summed E-state index contributed by atoms with van der Waals surface area (Å²) in [6.45, 7) is 0.150. The third-order valence-corrected chi connectivity index (χ3v) is 6.52. The van der Waals surface area contributed by atoms with Crippen molar-refractivity contribution in [2.24, 2.45) is 5.73 Å². The first-order valence-corrected chi connectivity index (χ1v) is 13.7. The van der Waals surface area contributed by atoms with E-state index < -0.39 is 84.9 Å². The number of carboxylic acids is 2. The summed E-state index contributed by atoms with van der Waals surface area (Å²) < 4.78 is 0. The van der Waals surface area contributed by atoms with Crippen LogP contribution in [0, 0.1) is 0 Å². The molecule has 244 valence electrons. The topological polar surface area (TPSA) is 278 Å². The highest BCUT2D eigenvalue weighted by atomic mass is 16.4. The number of nitrogens with two attached hydrogens (primary N) is 1. The van der Waals surface area contributed by atoms with E-state index >= 15 is 0 Å². The first kappa shape index (κ1) is 36.1. The Labute approximate surface area is 257 Å². The molecule has 0 aromatic heterocycles. The van der Waals surface area contributed by atoms with Crippen molar-refractivity contribution in [3.8, 4) is 5.75 Å². The van der Waals surface area contributed by atoms with Gasteiger partial charge in [-0.1, -0.05) is 42.5 Å². The number of rotatable bonds is 17. The maximum absolute atomic E-state index is 12.9. The van der Waals surface area contributed by atoms with Crippen molar-refractivity contribution in [1.29, 1.82) is 0 Å². The molecule has 0 aliphatic carbocycles. The summed E-state index contributed by atoms with van der Waals surface area (Å²) in [5.41, 5.74) is 7.10. The first-order valence-electron chi connectivity index (χ1n) is 13.7. The standard InChI is InChI=1S/C29H37N5O11/c1-15(36)24(34-25(40)19(30)11-16-5-3-2-4-6-16)28(43)33-22(14-35)27(42)31-20(13-23(38)39)26(41)32-21(29(44)45)12-17-7-9-18(37)10-8-17/h2-10,15,19-22,24,35-37H,11-14,30H2,1H3,(H,31,42)(H,32,41)(H,33,43)(H,34,40)(H,38,39)(H,44,45)/t15-,19+,20+,21+,22+,24+/m1/s1. The molecule has 6 atom stereocenters. The summed E-state index contributed by atoms with van der Waals surface area (Å²) in [6, 6.07) is 6.34. The number of aliphatic carboxylic acids is 2. The third kappa shape index (κ3) is 11.9. The van der Waals surface area contributed by atoms with Gasteiger partial charge in [0, 0.05) is 6.42 Å². The smallest absolute Gasteiger partial charge is 0.326 e. The van der Waals surface area contributed by atoms with E-state index in [1.165, 1.54) is 31.2 Å². The minimum atomic E-state index is -1.83. The number of benzene rings is 2. The van der Waals surface area contributed by atoms with E-state index in [9.17, 15) is 54.3 Å². The van der Waals surface area contributed by atoms with E-state index in [0.29, 0.717) is 5.56 Å². The molecular formula is C29H37N5O11. The van der Waals surface area contributed by atoms with Gasteiger partial charge in [-0.25, -0.2) is 4.79 Å². The van der Waals surface area contributed by atoms with E-state index in [-0.39, 0.29) is 18.6 Å². The predicted octanol–water partition coefficient (Wildman–Crippen LogP) is -2.62. The van der Waals surface area contributed by atoms with E-state index in [1.54, 1.807) is 30.3 Å². The molecule has 0 saturated carbocycles. The number of aliphatic hydroxyl groups excluding tert-OH is 2. The number of phenolic OH excluding ortho intramolecular Hbond substituents is 1. The van der Waals surface area contributed by atoms with Gasteiger partial charge >= 0.3 is 11.9 Å². The SMILES string of the molecule is C[C@@H](O)[C@H](NC(=O)[C@@H](N)Cc1ccccc1)C(=O)N[C@@H](CO)C(=O)N[C@@H](CC(=O)O)C(=O)N[C@@H](Cc1ccc(O)cc1)C(=O)O. The van der Waals surface area contributed by atoms with Gasteiger partial charge in [0.15, 0.2) is 0 Å². The van der Waals surface area contributed by atoms with Crippen molar-refractivity contribution in [1.82, 2.24) is 21.3 Å². The number of phenols is 1. The lowest BCUT2D eigenvalue weighted by Crippen LogP contribution is -2.61. The monoisotopic (exact) mass is 631 g/mol. The number of hydrogen-bond donors (Lipinski definition) is 10. The second-order valence-electron chi connectivity index (χ2n) is 10.2. The van der Waals surface area contributed by atoms with Crippen LogP contribution in [-0.4, -0.2) is 104 Å². The van der Waals surface area contributed by atoms with Crippen LogP contribution in [0.25, 0.3) is 0 Å². The number of amides is 4. The maximum atomic E-state index is 12.9. The van der Waals surface area contributed by atoms with Crippen molar-refractivity contribution in [2.75, 3.05) is 6.61 Å². The summed E-state index contributed by atoms with van der Waals surface area (Å²) in [5.74, 6) is -7.35. The summed E-state index contributed by atoms with van der Waals surface area (Å²) in [5, 5.41) is 56.8. The molecule has 0 saturated heterocycles. The fourth-order valence-corrected chi connectivity index (χ4v) is 4.08. The quantitative estimate of drug-likeness (QED) is 0.0859. The van der Waals surface area contributed by atoms with Crippen LogP contribution in [0.5, 0.6) is 5.75 Å². The zero-order chi connectivity index (χ0) is 33.7. The molecule has 0 unspecified atom stereocenters. The summed E-state index contributed by atoms with van der Waals surface area (Å²) in [6.07, 6.45) is -2.59. The highest BCUT2D eigenvalue weighted by molar-refractivity contribution is 5.96. The molecule has 2 aromatic carbocycles. The number of aliphatic hydroxyl groups is 2. The predicted molar refractivity (Wildman–Crippen MR) is 156 cm³/mol. The van der Waals surface area contributed by atoms with Gasteiger partial charge in [0.25, 0.3) is 0 Å². The Bertz CT molecular complexity index is 1340. The molecule has 16 heteroatoms. The van der Waals surface area contributed by atoms with Crippen LogP contribution in [-0.2, 0) is 41.6 Å². The van der Waals surface area contributed by atoms with Crippen LogP contribution >= 0.6 is 0 Å². The van der Waals surface area contributed by atoms with Gasteiger partial charge in [0.05, 0.1) is 25.2 Å². The fraction of sp³-hybridized carbons (Fsp3) is 0.379. The van der Waals surface area contributed by atoms with Gasteiger partial charge < -0.3 is 52.5 Å². The maximum Gasteiger partial charge on any atom is 0.326 e. The van der Waals surface area contributed by atoms with Gasteiger partial charge in [-0.05, 0) is 36.6 Å². The van der Waals surface area contributed by atoms with Crippen LogP contribution in [0.2, 0.25) is 0 Å². The first-order chi connectivity index (χ1) is 21.2. The van der Waals surface area contributed by atoms with Crippen LogP contribution in [0.15, 0.2) is 54.6 Å². The van der Waals surface area contributed by atoms with Crippen molar-refractivity contribution in [3.63, 3.8) is 0 Å². The molecule has 2 rings (SSSR count). The zero-order valence-electron chi connectivity index (χ0n) is 24.3. The number of nitrogens with one attached hydrogen (secondary N) is 4. The Hall–Kier alpha value is -5.06. The highest BCUT2D eigenvalue weighted by Crippen LogP contribution is 2.12. The third-order valence-electron chi connectivity index (χ3n) is 6.52. The Morgan fingerprint density at radius 2 is 1.24 bits per heavy atom. The molecular weight excluding hydrogens is 594 g/mol. The lowest BCUT2D eigenvalue weighted by Gasteiger charge is -2.26. The van der Waals surface area contributed by atoms with E-state index in [4.69, 9.17) is 5.73 Å². The minimum absolute atomic E-state index is 0.0711. The second-order valence-corrected chi connectivity index (χ2v) is 10.2. The molecule has 0 heterocycles. The Morgan fingerprint density at radius 1 is 0.711 bits per heavy atom. The molecule has 2 aromatic rings. The minimum Gasteiger partial charge on any atom is -0.508 e. The number of carboxylic acid groups (broad SMARTS) is 2.